The Hall–Kier alpha value is -1.95. The monoisotopic (exact) mass is 298 g/mol. The average molecular weight is 298 g/mol. The van der Waals surface area contributed by atoms with Crippen molar-refractivity contribution in [1.82, 2.24) is 0 Å². The molecule has 0 spiro atoms. The molecule has 2 N–H and O–H groups in total. The van der Waals surface area contributed by atoms with Gasteiger partial charge in [-0.3, -0.25) is 9.59 Å². The fourth-order valence-electron chi connectivity index (χ4n) is 2.31. The lowest BCUT2D eigenvalue weighted by molar-refractivity contribution is -0.167. The van der Waals surface area contributed by atoms with Crippen LogP contribution >= 0.6 is 0 Å². The molecule has 0 aliphatic heterocycles. The third-order valence-electron chi connectivity index (χ3n) is 3.62. The number of hydrogen-bond acceptors (Lipinski definition) is 4. The van der Waals surface area contributed by atoms with Gasteiger partial charge in [0.05, 0.1) is 12.7 Å². The van der Waals surface area contributed by atoms with Crippen LogP contribution in [0.4, 0.5) is 4.39 Å². The van der Waals surface area contributed by atoms with E-state index < -0.39 is 35.2 Å². The molecule has 1 aromatic carbocycles. The van der Waals surface area contributed by atoms with Crippen LogP contribution in [0, 0.1) is 11.7 Å². The summed E-state index contributed by atoms with van der Waals surface area (Å²) in [6.45, 7) is 4.32. The van der Waals surface area contributed by atoms with Gasteiger partial charge in [-0.05, 0) is 31.5 Å². The average Bonchev–Trinajstić information content (AvgIpc) is 2.39. The van der Waals surface area contributed by atoms with Crippen molar-refractivity contribution in [3.8, 4) is 0 Å². The Morgan fingerprint density at radius 2 is 2.00 bits per heavy atom. The van der Waals surface area contributed by atoms with Gasteiger partial charge < -0.3 is 14.9 Å². The lowest BCUT2D eigenvalue weighted by Crippen LogP contribution is -2.53. The van der Waals surface area contributed by atoms with Gasteiger partial charge in [-0.25, -0.2) is 4.39 Å². The lowest BCUT2D eigenvalue weighted by atomic mass is 9.69. The Kier molecular flexibility index (Phi) is 5.43. The molecule has 0 amide bonds. The van der Waals surface area contributed by atoms with Crippen LogP contribution in [0.3, 0.4) is 0 Å². The minimum atomic E-state index is -2.16. The van der Waals surface area contributed by atoms with E-state index in [1.54, 1.807) is 6.92 Å². The van der Waals surface area contributed by atoms with E-state index in [4.69, 9.17) is 4.74 Å². The molecule has 3 unspecified atom stereocenters. The fraction of sp³-hybridized carbons (Fsp3) is 0.467. The highest BCUT2D eigenvalue weighted by molar-refractivity contribution is 6.06. The second-order valence-corrected chi connectivity index (χ2v) is 4.87. The largest absolute Gasteiger partial charge is 0.480 e. The number of carboxylic acid groups (broad SMARTS) is 1. The van der Waals surface area contributed by atoms with Crippen LogP contribution in [-0.4, -0.2) is 34.9 Å². The van der Waals surface area contributed by atoms with Gasteiger partial charge in [0.15, 0.2) is 5.41 Å². The van der Waals surface area contributed by atoms with Crippen molar-refractivity contribution in [2.24, 2.45) is 5.92 Å². The minimum Gasteiger partial charge on any atom is -0.480 e. The van der Waals surface area contributed by atoms with Crippen LogP contribution in [0.2, 0.25) is 0 Å². The van der Waals surface area contributed by atoms with Crippen molar-refractivity contribution in [1.29, 1.82) is 0 Å². The highest BCUT2D eigenvalue weighted by atomic mass is 19.1. The molecule has 0 radical (unpaired) electrons. The first-order valence-electron chi connectivity index (χ1n) is 6.63. The summed E-state index contributed by atoms with van der Waals surface area (Å²) in [5, 5.41) is 19.4. The number of aliphatic hydroxyl groups excluding tert-OH is 1. The van der Waals surface area contributed by atoms with Crippen LogP contribution in [0.1, 0.15) is 26.3 Å². The molecule has 0 saturated heterocycles. The summed E-state index contributed by atoms with van der Waals surface area (Å²) in [7, 11) is 0. The normalized spacial score (nSPS) is 16.6. The number of ether oxygens (including phenoxy) is 1. The predicted octanol–water partition coefficient (Wildman–Crippen LogP) is 1.73. The molecule has 21 heavy (non-hydrogen) atoms. The summed E-state index contributed by atoms with van der Waals surface area (Å²) in [5.41, 5.74) is -2.21. The van der Waals surface area contributed by atoms with E-state index in [0.29, 0.717) is 0 Å². The molecule has 0 bridgehead atoms. The van der Waals surface area contributed by atoms with Gasteiger partial charge in [-0.2, -0.15) is 0 Å². The summed E-state index contributed by atoms with van der Waals surface area (Å²) in [5.74, 6) is -4.17. The number of rotatable bonds is 6. The maximum absolute atomic E-state index is 13.5. The van der Waals surface area contributed by atoms with E-state index in [1.807, 2.05) is 0 Å². The van der Waals surface area contributed by atoms with Gasteiger partial charge in [-0.15, -0.1) is 0 Å². The van der Waals surface area contributed by atoms with Crippen LogP contribution in [0.25, 0.3) is 0 Å². The molecule has 3 atom stereocenters. The number of carboxylic acids is 1. The molecule has 0 heterocycles. The van der Waals surface area contributed by atoms with E-state index in [1.165, 1.54) is 26.0 Å². The Balaban J connectivity index is 3.59. The Labute approximate surface area is 122 Å². The summed E-state index contributed by atoms with van der Waals surface area (Å²) in [6, 6.07) is 4.78. The summed E-state index contributed by atoms with van der Waals surface area (Å²) < 4.78 is 18.3. The zero-order chi connectivity index (χ0) is 16.2. The lowest BCUT2D eigenvalue weighted by Gasteiger charge is -2.34. The smallest absolute Gasteiger partial charge is 0.328 e. The van der Waals surface area contributed by atoms with Crippen molar-refractivity contribution in [2.45, 2.75) is 32.3 Å². The van der Waals surface area contributed by atoms with Crippen molar-refractivity contribution in [3.05, 3.63) is 35.6 Å². The second-order valence-electron chi connectivity index (χ2n) is 4.87. The molecular formula is C15H19FO5. The Bertz CT molecular complexity index is 529. The maximum atomic E-state index is 13.5. The number of carbonyl (C=O) groups is 2. The highest BCUT2D eigenvalue weighted by Crippen LogP contribution is 2.37. The van der Waals surface area contributed by atoms with Gasteiger partial charge in [0.1, 0.15) is 5.82 Å². The van der Waals surface area contributed by atoms with Crippen molar-refractivity contribution in [3.63, 3.8) is 0 Å². The van der Waals surface area contributed by atoms with Crippen LogP contribution in [0.15, 0.2) is 24.3 Å². The van der Waals surface area contributed by atoms with Crippen molar-refractivity contribution < 1.29 is 28.9 Å². The highest BCUT2D eigenvalue weighted by Gasteiger charge is 2.55. The van der Waals surface area contributed by atoms with Gasteiger partial charge in [0.25, 0.3) is 0 Å². The standard InChI is InChI=1S/C15H19FO5/c1-4-21-14(20)15(13(18)19,9(2)10(3)17)11-6-5-7-12(16)8-11/h5-10,17H,4H2,1-3H3,(H,18,19). The first-order valence-corrected chi connectivity index (χ1v) is 6.63. The zero-order valence-electron chi connectivity index (χ0n) is 12.2. The number of aliphatic hydroxyl groups is 1. The van der Waals surface area contributed by atoms with Gasteiger partial charge in [0, 0.05) is 5.92 Å². The number of esters is 1. The van der Waals surface area contributed by atoms with Crippen LogP contribution in [0.5, 0.6) is 0 Å². The van der Waals surface area contributed by atoms with E-state index in [9.17, 15) is 24.2 Å². The quantitative estimate of drug-likeness (QED) is 0.617. The zero-order valence-corrected chi connectivity index (χ0v) is 12.2. The van der Waals surface area contributed by atoms with E-state index in [-0.39, 0.29) is 12.2 Å². The number of benzene rings is 1. The Morgan fingerprint density at radius 1 is 1.38 bits per heavy atom. The van der Waals surface area contributed by atoms with E-state index >= 15 is 0 Å². The summed E-state index contributed by atoms with van der Waals surface area (Å²) >= 11 is 0. The molecule has 5 nitrogen and oxygen atoms in total. The third-order valence-corrected chi connectivity index (χ3v) is 3.62. The number of halogens is 1. The third kappa shape index (κ3) is 3.05. The van der Waals surface area contributed by atoms with Crippen molar-refractivity contribution in [2.75, 3.05) is 6.61 Å². The molecule has 0 aromatic heterocycles. The first kappa shape index (κ1) is 17.1. The van der Waals surface area contributed by atoms with Crippen molar-refractivity contribution >= 4 is 11.9 Å². The fourth-order valence-corrected chi connectivity index (χ4v) is 2.31. The minimum absolute atomic E-state index is 0.0181. The first-order chi connectivity index (χ1) is 9.78. The predicted molar refractivity (Wildman–Crippen MR) is 73.2 cm³/mol. The molecule has 1 aromatic rings. The molecular weight excluding hydrogens is 279 g/mol. The maximum Gasteiger partial charge on any atom is 0.328 e. The van der Waals surface area contributed by atoms with Gasteiger partial charge in [-0.1, -0.05) is 19.1 Å². The second kappa shape index (κ2) is 6.67. The SMILES string of the molecule is CCOC(=O)C(C(=O)O)(c1cccc(F)c1)C(C)C(C)O. The molecule has 116 valence electrons. The molecule has 0 saturated carbocycles. The van der Waals surface area contributed by atoms with Crippen LogP contribution < -0.4 is 0 Å². The molecule has 1 rings (SSSR count). The summed E-state index contributed by atoms with van der Waals surface area (Å²) in [4.78, 5) is 24.2. The number of carbonyl (C=O) groups excluding carboxylic acids is 1. The molecule has 0 aliphatic rings. The van der Waals surface area contributed by atoms with Gasteiger partial charge >= 0.3 is 11.9 Å². The van der Waals surface area contributed by atoms with E-state index in [2.05, 4.69) is 0 Å². The van der Waals surface area contributed by atoms with Gasteiger partial charge in [0.2, 0.25) is 0 Å². The van der Waals surface area contributed by atoms with Crippen LogP contribution in [-0.2, 0) is 19.7 Å². The van der Waals surface area contributed by atoms with E-state index in [0.717, 1.165) is 12.1 Å². The number of aliphatic carboxylic acids is 1. The molecule has 6 heteroatoms. The topological polar surface area (TPSA) is 83.8 Å². The molecule has 0 aliphatic carbocycles. The summed E-state index contributed by atoms with van der Waals surface area (Å²) in [6.07, 6.45) is -1.10. The Morgan fingerprint density at radius 3 is 2.43 bits per heavy atom. The number of hydrogen-bond donors (Lipinski definition) is 2. The molecule has 0 fully saturated rings.